The number of allylic oxidation sites excluding steroid dienone is 1. The van der Waals surface area contributed by atoms with Gasteiger partial charge in [-0.1, -0.05) is 67.6 Å². The molecular weight excluding hydrogens is 347 g/mol. The van der Waals surface area contributed by atoms with E-state index in [4.69, 9.17) is 0 Å². The second kappa shape index (κ2) is 9.48. The molecule has 0 aliphatic rings. The van der Waals surface area contributed by atoms with Gasteiger partial charge in [0, 0.05) is 12.2 Å². The van der Waals surface area contributed by atoms with Gasteiger partial charge in [0.1, 0.15) is 5.82 Å². The summed E-state index contributed by atoms with van der Waals surface area (Å²) in [6.07, 6.45) is 5.35. The van der Waals surface area contributed by atoms with Crippen LogP contribution in [-0.4, -0.2) is 11.7 Å². The monoisotopic (exact) mass is 374 g/mol. The Balaban J connectivity index is 1.87. The van der Waals surface area contributed by atoms with Crippen LogP contribution in [0.25, 0.3) is 22.3 Å². The van der Waals surface area contributed by atoms with E-state index in [2.05, 4.69) is 25.6 Å². The smallest absolute Gasteiger partial charge is 0.131 e. The Hall–Kier alpha value is -2.71. The fourth-order valence-electron chi connectivity index (χ4n) is 3.55. The number of rotatable bonds is 8. The Kier molecular flexibility index (Phi) is 6.78. The average molecular weight is 374 g/mol. The highest BCUT2D eigenvalue weighted by Crippen LogP contribution is 2.30. The molecule has 0 aliphatic heterocycles. The van der Waals surface area contributed by atoms with E-state index in [0.29, 0.717) is 12.0 Å². The minimum atomic E-state index is -0.217. The van der Waals surface area contributed by atoms with Crippen molar-refractivity contribution in [1.82, 2.24) is 0 Å². The molecular formula is C26H27FO. The number of halogens is 1. The van der Waals surface area contributed by atoms with Crippen LogP contribution in [0.5, 0.6) is 0 Å². The summed E-state index contributed by atoms with van der Waals surface area (Å²) in [5.41, 5.74) is 6.92. The van der Waals surface area contributed by atoms with Crippen LogP contribution in [0.15, 0.2) is 73.3 Å². The summed E-state index contributed by atoms with van der Waals surface area (Å²) >= 11 is 0. The van der Waals surface area contributed by atoms with Crippen molar-refractivity contribution in [2.45, 2.75) is 32.6 Å². The lowest BCUT2D eigenvalue weighted by molar-refractivity contribution is 0.299. The summed E-state index contributed by atoms with van der Waals surface area (Å²) < 4.78 is 14.9. The average Bonchev–Trinajstić information content (AvgIpc) is 2.73. The van der Waals surface area contributed by atoms with Crippen molar-refractivity contribution >= 4 is 0 Å². The van der Waals surface area contributed by atoms with E-state index in [1.807, 2.05) is 48.5 Å². The predicted molar refractivity (Wildman–Crippen MR) is 116 cm³/mol. The summed E-state index contributed by atoms with van der Waals surface area (Å²) in [6, 6.07) is 19.7. The van der Waals surface area contributed by atoms with Crippen LogP contribution in [0.3, 0.4) is 0 Å². The van der Waals surface area contributed by atoms with Crippen LogP contribution in [0.4, 0.5) is 4.39 Å². The van der Waals surface area contributed by atoms with Crippen LogP contribution < -0.4 is 0 Å². The summed E-state index contributed by atoms with van der Waals surface area (Å²) in [5.74, 6) is -0.217. The van der Waals surface area contributed by atoms with Gasteiger partial charge in [-0.25, -0.2) is 4.39 Å². The fraction of sp³-hybridized carbons (Fsp3) is 0.231. The lowest BCUT2D eigenvalue weighted by atomic mass is 9.94. The molecule has 1 N–H and O–H groups in total. The number of aliphatic hydroxyl groups is 1. The molecule has 0 atom stereocenters. The quantitative estimate of drug-likeness (QED) is 0.454. The van der Waals surface area contributed by atoms with Gasteiger partial charge in [0.2, 0.25) is 0 Å². The van der Waals surface area contributed by atoms with Crippen LogP contribution in [0, 0.1) is 5.82 Å². The zero-order valence-corrected chi connectivity index (χ0v) is 16.4. The van der Waals surface area contributed by atoms with Crippen LogP contribution in [-0.2, 0) is 19.3 Å². The molecule has 3 rings (SSSR count). The summed E-state index contributed by atoms with van der Waals surface area (Å²) in [6.45, 7) is 5.96. The van der Waals surface area contributed by atoms with Gasteiger partial charge >= 0.3 is 0 Å². The molecule has 0 bridgehead atoms. The lowest BCUT2D eigenvalue weighted by Gasteiger charge is -2.12. The first kappa shape index (κ1) is 20.0. The van der Waals surface area contributed by atoms with E-state index in [1.54, 1.807) is 6.07 Å². The maximum absolute atomic E-state index is 14.9. The topological polar surface area (TPSA) is 20.2 Å². The Labute approximate surface area is 167 Å². The van der Waals surface area contributed by atoms with Gasteiger partial charge in [-0.3, -0.25) is 0 Å². The largest absolute Gasteiger partial charge is 0.396 e. The summed E-state index contributed by atoms with van der Waals surface area (Å²) in [5, 5.41) is 9.20. The molecule has 0 amide bonds. The van der Waals surface area contributed by atoms with Crippen molar-refractivity contribution in [2.75, 3.05) is 6.61 Å². The van der Waals surface area contributed by atoms with E-state index >= 15 is 0 Å². The zero-order valence-electron chi connectivity index (χ0n) is 16.4. The maximum Gasteiger partial charge on any atom is 0.131 e. The first-order chi connectivity index (χ1) is 13.7. The third-order valence-corrected chi connectivity index (χ3v) is 5.17. The molecule has 0 aromatic heterocycles. The van der Waals surface area contributed by atoms with E-state index in [1.165, 1.54) is 5.56 Å². The van der Waals surface area contributed by atoms with Gasteiger partial charge in [0.05, 0.1) is 0 Å². The molecule has 1 nitrogen and oxygen atoms in total. The molecule has 0 spiro atoms. The van der Waals surface area contributed by atoms with E-state index in [0.717, 1.165) is 47.1 Å². The zero-order chi connectivity index (χ0) is 19.9. The third-order valence-electron chi connectivity index (χ3n) is 5.17. The lowest BCUT2D eigenvalue weighted by Crippen LogP contribution is -1.97. The number of aliphatic hydroxyl groups excluding tert-OH is 1. The normalized spacial score (nSPS) is 10.8. The molecule has 0 saturated heterocycles. The highest BCUT2D eigenvalue weighted by Gasteiger charge is 2.10. The highest BCUT2D eigenvalue weighted by atomic mass is 19.1. The molecule has 144 valence electrons. The summed E-state index contributed by atoms with van der Waals surface area (Å²) in [7, 11) is 0. The molecule has 2 heteroatoms. The van der Waals surface area contributed by atoms with Crippen molar-refractivity contribution in [1.29, 1.82) is 0 Å². The van der Waals surface area contributed by atoms with Crippen molar-refractivity contribution < 1.29 is 9.50 Å². The standard InChI is InChI=1S/C26H27FO/c1-3-5-6-19-7-9-21(10-8-19)23-13-14-25(26(27)18-23)24-12-11-22(15-16-28)20(4-2)17-24/h3,7-14,17-18,28H,1,4-6,15-16H2,2H3. The van der Waals surface area contributed by atoms with Gasteiger partial charge in [-0.05, 0) is 65.1 Å². The minimum Gasteiger partial charge on any atom is -0.396 e. The molecule has 0 fully saturated rings. The molecule has 0 saturated carbocycles. The fourth-order valence-corrected chi connectivity index (χ4v) is 3.55. The Morgan fingerprint density at radius 3 is 2.21 bits per heavy atom. The van der Waals surface area contributed by atoms with Gasteiger partial charge in [0.25, 0.3) is 0 Å². The first-order valence-electron chi connectivity index (χ1n) is 9.89. The Bertz CT molecular complexity index is 941. The number of hydrogen-bond donors (Lipinski definition) is 1. The molecule has 0 radical (unpaired) electrons. The van der Waals surface area contributed by atoms with Crippen molar-refractivity contribution in [3.63, 3.8) is 0 Å². The van der Waals surface area contributed by atoms with Crippen LogP contribution >= 0.6 is 0 Å². The Morgan fingerprint density at radius 2 is 1.57 bits per heavy atom. The molecule has 0 heterocycles. The van der Waals surface area contributed by atoms with Gasteiger partial charge < -0.3 is 5.11 Å². The Morgan fingerprint density at radius 1 is 0.857 bits per heavy atom. The van der Waals surface area contributed by atoms with Gasteiger partial charge in [0.15, 0.2) is 0 Å². The van der Waals surface area contributed by atoms with Gasteiger partial charge in [-0.15, -0.1) is 6.58 Å². The second-order valence-corrected chi connectivity index (χ2v) is 7.03. The van der Waals surface area contributed by atoms with Crippen LogP contribution in [0.1, 0.15) is 30.0 Å². The molecule has 0 aliphatic carbocycles. The summed E-state index contributed by atoms with van der Waals surface area (Å²) in [4.78, 5) is 0. The SMILES string of the molecule is C=CCCc1ccc(-c2ccc(-c3ccc(CCO)c(CC)c3)c(F)c2)cc1. The third kappa shape index (κ3) is 4.58. The second-order valence-electron chi connectivity index (χ2n) is 7.03. The van der Waals surface area contributed by atoms with Crippen molar-refractivity contribution in [3.05, 3.63) is 95.8 Å². The highest BCUT2D eigenvalue weighted by molar-refractivity contribution is 5.71. The minimum absolute atomic E-state index is 0.127. The molecule has 3 aromatic rings. The predicted octanol–water partition coefficient (Wildman–Crippen LogP) is 6.38. The van der Waals surface area contributed by atoms with Crippen LogP contribution in [0.2, 0.25) is 0 Å². The van der Waals surface area contributed by atoms with E-state index < -0.39 is 0 Å². The number of aryl methyl sites for hydroxylation is 2. The first-order valence-corrected chi connectivity index (χ1v) is 9.89. The molecule has 0 unspecified atom stereocenters. The number of benzene rings is 3. The van der Waals surface area contributed by atoms with E-state index in [9.17, 15) is 9.50 Å². The van der Waals surface area contributed by atoms with Gasteiger partial charge in [-0.2, -0.15) is 0 Å². The van der Waals surface area contributed by atoms with Crippen molar-refractivity contribution in [3.8, 4) is 22.3 Å². The van der Waals surface area contributed by atoms with Crippen molar-refractivity contribution in [2.24, 2.45) is 0 Å². The molecule has 28 heavy (non-hydrogen) atoms. The van der Waals surface area contributed by atoms with E-state index in [-0.39, 0.29) is 12.4 Å². The number of hydrogen-bond acceptors (Lipinski definition) is 1. The molecule has 3 aromatic carbocycles. The maximum atomic E-state index is 14.9.